The number of amides is 2. The molecule has 0 radical (unpaired) electrons. The highest BCUT2D eigenvalue weighted by Gasteiger charge is 2.50. The van der Waals surface area contributed by atoms with Gasteiger partial charge in [-0.3, -0.25) is 9.59 Å². The number of aliphatic hydroxyl groups excluding tert-OH is 1. The average molecular weight is 672 g/mol. The SMILES string of the molecule is CC(=O)N[C@]1(CO)CCC[C@H](C)[C@@H](C)S(=O)(=O)NC(=O)c2ccc3c(c2)N(C[C@@H]2CC[C@H]21)C[C@@]1(CCCc2cc(Cl)ccc21)CO3. The van der Waals surface area contributed by atoms with Crippen molar-refractivity contribution in [3.63, 3.8) is 0 Å². The zero-order chi connectivity index (χ0) is 32.9. The number of carbonyl (C=O) groups excluding carboxylic acids is 2. The van der Waals surface area contributed by atoms with Gasteiger partial charge in [-0.15, -0.1) is 0 Å². The zero-order valence-electron chi connectivity index (χ0n) is 27.0. The molecule has 0 aromatic heterocycles. The van der Waals surface area contributed by atoms with Gasteiger partial charge in [-0.05, 0) is 111 Å². The van der Waals surface area contributed by atoms with Crippen LogP contribution < -0.4 is 19.7 Å². The summed E-state index contributed by atoms with van der Waals surface area (Å²) >= 11 is 6.42. The fourth-order valence-corrected chi connectivity index (χ4v) is 10.0. The maximum atomic E-state index is 13.5. The predicted molar refractivity (Wildman–Crippen MR) is 179 cm³/mol. The van der Waals surface area contributed by atoms with Gasteiger partial charge in [0, 0.05) is 36.0 Å². The van der Waals surface area contributed by atoms with E-state index in [9.17, 15) is 23.1 Å². The molecule has 1 fully saturated rings. The molecule has 6 rings (SSSR count). The Kier molecular flexibility index (Phi) is 9.10. The summed E-state index contributed by atoms with van der Waals surface area (Å²) in [7, 11) is -3.97. The number of fused-ring (bicyclic) bond motifs is 4. The van der Waals surface area contributed by atoms with E-state index in [2.05, 4.69) is 27.1 Å². The smallest absolute Gasteiger partial charge is 0.264 e. The molecule has 2 aromatic carbocycles. The standard InChI is InChI=1S/C35H46ClN3O6S/c1-22-6-4-15-35(20-40,37-24(3)41)30-11-8-27(30)18-39-19-34(14-5-7-25-16-28(36)10-12-29(25)34)21-45-32-13-9-26(17-31(32)39)33(42)38-46(43,44)23(22)2/h9-10,12-13,16-17,22-23,27,30,40H,4-8,11,14-15,18-21H2,1-3H3,(H,37,41)(H,38,42)/t22-,23+,27-,30+,34-,35-/m0/s1. The average Bonchev–Trinajstić information content (AvgIpc) is 3.14. The summed E-state index contributed by atoms with van der Waals surface area (Å²) < 4.78 is 35.6. The molecule has 2 amide bonds. The Balaban J connectivity index is 1.45. The summed E-state index contributed by atoms with van der Waals surface area (Å²) in [5, 5.41) is 13.9. The number of hydrogen-bond donors (Lipinski definition) is 3. The number of hydrogen-bond acceptors (Lipinski definition) is 7. The van der Waals surface area contributed by atoms with E-state index in [-0.39, 0.29) is 41.2 Å². The number of aryl methyl sites for hydroxylation is 1. The summed E-state index contributed by atoms with van der Waals surface area (Å²) in [5.41, 5.74) is 2.33. The van der Waals surface area contributed by atoms with Crippen molar-refractivity contribution in [1.82, 2.24) is 10.0 Å². The third-order valence-corrected chi connectivity index (χ3v) is 13.5. The second-order valence-corrected chi connectivity index (χ2v) is 16.8. The minimum absolute atomic E-state index is 0.0401. The molecule has 11 heteroatoms. The Morgan fingerprint density at radius 2 is 1.93 bits per heavy atom. The molecule has 2 bridgehead atoms. The molecule has 2 aliphatic carbocycles. The predicted octanol–water partition coefficient (Wildman–Crippen LogP) is 4.97. The van der Waals surface area contributed by atoms with E-state index in [0.29, 0.717) is 49.7 Å². The fourth-order valence-electron chi connectivity index (χ4n) is 8.54. The molecule has 1 saturated carbocycles. The Bertz CT molecular complexity index is 1620. The Labute approximate surface area is 277 Å². The van der Waals surface area contributed by atoms with Crippen LogP contribution in [0, 0.1) is 17.8 Å². The lowest BCUT2D eigenvalue weighted by atomic mass is 9.61. The molecule has 0 unspecified atom stereocenters. The number of rotatable bonds is 2. The van der Waals surface area contributed by atoms with E-state index >= 15 is 0 Å². The molecule has 46 heavy (non-hydrogen) atoms. The summed E-state index contributed by atoms with van der Waals surface area (Å²) in [4.78, 5) is 28.3. The number of halogens is 1. The molecule has 2 aromatic rings. The highest BCUT2D eigenvalue weighted by atomic mass is 35.5. The first kappa shape index (κ1) is 33.1. The van der Waals surface area contributed by atoms with Gasteiger partial charge in [-0.1, -0.05) is 31.0 Å². The lowest BCUT2D eigenvalue weighted by Crippen LogP contribution is -2.62. The van der Waals surface area contributed by atoms with Crippen LogP contribution in [0.4, 0.5) is 5.69 Å². The first-order valence-electron chi connectivity index (χ1n) is 16.6. The fraction of sp³-hybridized carbons (Fsp3) is 0.600. The first-order chi connectivity index (χ1) is 21.9. The largest absolute Gasteiger partial charge is 0.490 e. The van der Waals surface area contributed by atoms with Gasteiger partial charge in [-0.25, -0.2) is 13.1 Å². The van der Waals surface area contributed by atoms with Crippen LogP contribution in [-0.2, 0) is 26.7 Å². The van der Waals surface area contributed by atoms with Crippen LogP contribution in [0.3, 0.4) is 0 Å². The molecule has 2 aliphatic heterocycles. The van der Waals surface area contributed by atoms with E-state index in [1.807, 2.05) is 13.0 Å². The van der Waals surface area contributed by atoms with Crippen molar-refractivity contribution in [2.45, 2.75) is 88.3 Å². The molecular formula is C35H46ClN3O6S. The highest BCUT2D eigenvalue weighted by molar-refractivity contribution is 7.90. The number of nitrogens with zero attached hydrogens (tertiary/aromatic N) is 1. The van der Waals surface area contributed by atoms with Gasteiger partial charge in [0.2, 0.25) is 15.9 Å². The van der Waals surface area contributed by atoms with Crippen molar-refractivity contribution < 1.29 is 27.9 Å². The van der Waals surface area contributed by atoms with Crippen LogP contribution >= 0.6 is 11.6 Å². The molecule has 0 saturated heterocycles. The maximum absolute atomic E-state index is 13.5. The van der Waals surface area contributed by atoms with Crippen molar-refractivity contribution in [2.24, 2.45) is 17.8 Å². The van der Waals surface area contributed by atoms with E-state index in [4.69, 9.17) is 16.3 Å². The van der Waals surface area contributed by atoms with Gasteiger partial charge in [0.1, 0.15) is 5.75 Å². The minimum atomic E-state index is -3.97. The molecule has 250 valence electrons. The second kappa shape index (κ2) is 12.7. The van der Waals surface area contributed by atoms with Crippen LogP contribution in [0.5, 0.6) is 5.75 Å². The van der Waals surface area contributed by atoms with Crippen LogP contribution in [-0.4, -0.2) is 62.4 Å². The Morgan fingerprint density at radius 3 is 2.65 bits per heavy atom. The monoisotopic (exact) mass is 671 g/mol. The maximum Gasteiger partial charge on any atom is 0.264 e. The van der Waals surface area contributed by atoms with E-state index in [1.165, 1.54) is 18.1 Å². The summed E-state index contributed by atoms with van der Waals surface area (Å²) in [6.07, 6.45) is 6.42. The summed E-state index contributed by atoms with van der Waals surface area (Å²) in [6, 6.07) is 11.3. The topological polar surface area (TPSA) is 125 Å². The van der Waals surface area contributed by atoms with Gasteiger partial charge >= 0.3 is 0 Å². The zero-order valence-corrected chi connectivity index (χ0v) is 28.6. The lowest BCUT2D eigenvalue weighted by Gasteiger charge is -2.52. The van der Waals surface area contributed by atoms with Crippen LogP contribution in [0.15, 0.2) is 36.4 Å². The first-order valence-corrected chi connectivity index (χ1v) is 18.6. The number of anilines is 1. The van der Waals surface area contributed by atoms with Gasteiger partial charge in [-0.2, -0.15) is 0 Å². The molecule has 1 spiro atoms. The molecule has 3 N–H and O–H groups in total. The van der Waals surface area contributed by atoms with E-state index in [1.54, 1.807) is 25.1 Å². The van der Waals surface area contributed by atoms with Crippen molar-refractivity contribution >= 4 is 39.1 Å². The van der Waals surface area contributed by atoms with Crippen molar-refractivity contribution in [3.05, 3.63) is 58.1 Å². The number of ether oxygens (including phenoxy) is 1. The second-order valence-electron chi connectivity index (χ2n) is 14.3. The molecular weight excluding hydrogens is 626 g/mol. The Morgan fingerprint density at radius 1 is 1.13 bits per heavy atom. The van der Waals surface area contributed by atoms with E-state index < -0.39 is 26.7 Å². The number of sulfonamides is 1. The lowest BCUT2D eigenvalue weighted by molar-refractivity contribution is -0.124. The molecule has 4 aliphatic rings. The van der Waals surface area contributed by atoms with Crippen LogP contribution in [0.25, 0.3) is 0 Å². The van der Waals surface area contributed by atoms with E-state index in [0.717, 1.165) is 37.8 Å². The van der Waals surface area contributed by atoms with Crippen LogP contribution in [0.1, 0.15) is 87.2 Å². The molecule has 2 heterocycles. The van der Waals surface area contributed by atoms with Crippen molar-refractivity contribution in [3.8, 4) is 5.75 Å². The number of nitrogens with one attached hydrogen (secondary N) is 2. The summed E-state index contributed by atoms with van der Waals surface area (Å²) in [5.74, 6) is -0.223. The van der Waals surface area contributed by atoms with Crippen molar-refractivity contribution in [2.75, 3.05) is 31.2 Å². The normalized spacial score (nSPS) is 32.5. The van der Waals surface area contributed by atoms with Gasteiger partial charge < -0.3 is 20.1 Å². The third-order valence-electron chi connectivity index (χ3n) is 11.4. The van der Waals surface area contributed by atoms with Gasteiger partial charge in [0.05, 0.1) is 29.7 Å². The number of carbonyl (C=O) groups is 2. The quantitative estimate of drug-likeness (QED) is 0.412. The molecule has 9 nitrogen and oxygen atoms in total. The van der Waals surface area contributed by atoms with Crippen LogP contribution in [0.2, 0.25) is 5.02 Å². The van der Waals surface area contributed by atoms with Crippen molar-refractivity contribution in [1.29, 1.82) is 0 Å². The number of aliphatic hydroxyl groups is 1. The number of benzene rings is 2. The van der Waals surface area contributed by atoms with Gasteiger partial charge in [0.15, 0.2) is 0 Å². The molecule has 6 atom stereocenters. The van der Waals surface area contributed by atoms with Gasteiger partial charge in [0.25, 0.3) is 5.91 Å². The highest BCUT2D eigenvalue weighted by Crippen LogP contribution is 2.49. The summed E-state index contributed by atoms with van der Waals surface area (Å²) in [6.45, 7) is 6.54. The third kappa shape index (κ3) is 6.13. The Hall–Kier alpha value is -2.82. The minimum Gasteiger partial charge on any atom is -0.490 e.